The van der Waals surface area contributed by atoms with Gasteiger partial charge >= 0.3 is 5.97 Å². The van der Waals surface area contributed by atoms with Gasteiger partial charge < -0.3 is 4.74 Å². The van der Waals surface area contributed by atoms with Crippen LogP contribution in [0, 0.1) is 5.92 Å². The van der Waals surface area contributed by atoms with Gasteiger partial charge in [0.05, 0.1) is 6.61 Å². The molecule has 0 aliphatic carbocycles. The fourth-order valence-corrected chi connectivity index (χ4v) is 3.62. The Bertz CT molecular complexity index is 693. The molecule has 0 radical (unpaired) electrons. The quantitative estimate of drug-likeness (QED) is 0.600. The molecule has 0 saturated heterocycles. The van der Waals surface area contributed by atoms with Crippen molar-refractivity contribution in [3.05, 3.63) is 28.7 Å². The molecule has 2 unspecified atom stereocenters. The van der Waals surface area contributed by atoms with Crippen molar-refractivity contribution in [2.75, 3.05) is 6.61 Å². The first kappa shape index (κ1) is 15.9. The summed E-state index contributed by atoms with van der Waals surface area (Å²) >= 11 is 1.60. The molecule has 0 amide bonds. The van der Waals surface area contributed by atoms with Crippen LogP contribution in [0.25, 0.3) is 0 Å². The molecule has 23 heavy (non-hydrogen) atoms. The van der Waals surface area contributed by atoms with Gasteiger partial charge in [-0.05, 0) is 24.8 Å². The van der Waals surface area contributed by atoms with Gasteiger partial charge in [0, 0.05) is 10.6 Å². The Morgan fingerprint density at radius 1 is 1.43 bits per heavy atom. The fraction of sp³-hybridized carbons (Fsp3) is 0.500. The van der Waals surface area contributed by atoms with Crippen LogP contribution in [0.15, 0.2) is 28.8 Å². The number of aromatic nitrogens is 3. The molecule has 3 rings (SSSR count). The highest BCUT2D eigenvalue weighted by atomic mass is 32.1. The number of ether oxygens (including phenoxy) is 1. The summed E-state index contributed by atoms with van der Waals surface area (Å²) in [4.78, 5) is 22.3. The predicted molar refractivity (Wildman–Crippen MR) is 89.2 cm³/mol. The van der Waals surface area contributed by atoms with Crippen molar-refractivity contribution in [2.24, 2.45) is 10.9 Å². The molecule has 122 valence electrons. The minimum atomic E-state index is -0.454. The smallest absolute Gasteiger partial charge is 0.317 e. The standard InChI is InChI=1S/C16H20N4O2S/c1-3-4-5-8-22-15(21)13-11(2)19-16-17-10-18-20(16)14(13)12-7-6-9-23-12/h6-7,9-10,13-14H,3-5,8H2,1-2H3. The molecule has 0 aromatic carbocycles. The number of thiophene rings is 1. The minimum absolute atomic E-state index is 0.233. The maximum atomic E-state index is 12.6. The van der Waals surface area contributed by atoms with Gasteiger partial charge in [0.25, 0.3) is 0 Å². The van der Waals surface area contributed by atoms with Crippen molar-refractivity contribution in [1.29, 1.82) is 0 Å². The van der Waals surface area contributed by atoms with Gasteiger partial charge in [-0.1, -0.05) is 25.8 Å². The van der Waals surface area contributed by atoms with Crippen LogP contribution in [0.4, 0.5) is 5.95 Å². The maximum absolute atomic E-state index is 12.6. The number of rotatable bonds is 6. The lowest BCUT2D eigenvalue weighted by atomic mass is 9.92. The lowest BCUT2D eigenvalue weighted by Gasteiger charge is -2.28. The van der Waals surface area contributed by atoms with Gasteiger partial charge in [-0.15, -0.1) is 11.3 Å². The van der Waals surface area contributed by atoms with E-state index in [2.05, 4.69) is 22.0 Å². The first-order chi connectivity index (χ1) is 11.2. The zero-order valence-electron chi connectivity index (χ0n) is 13.3. The first-order valence-electron chi connectivity index (χ1n) is 7.87. The van der Waals surface area contributed by atoms with E-state index < -0.39 is 5.92 Å². The summed E-state index contributed by atoms with van der Waals surface area (Å²) < 4.78 is 7.22. The van der Waals surface area contributed by atoms with Crippen molar-refractivity contribution >= 4 is 29.0 Å². The van der Waals surface area contributed by atoms with E-state index in [9.17, 15) is 4.79 Å². The largest absolute Gasteiger partial charge is 0.465 e. The Balaban J connectivity index is 1.86. The number of carbonyl (C=O) groups excluding carboxylic acids is 1. The van der Waals surface area contributed by atoms with Crippen LogP contribution in [0.3, 0.4) is 0 Å². The monoisotopic (exact) mass is 332 g/mol. The Morgan fingerprint density at radius 2 is 2.30 bits per heavy atom. The summed E-state index contributed by atoms with van der Waals surface area (Å²) in [6.07, 6.45) is 4.53. The topological polar surface area (TPSA) is 69.4 Å². The van der Waals surface area contributed by atoms with Crippen LogP contribution in [0.5, 0.6) is 0 Å². The van der Waals surface area contributed by atoms with Crippen molar-refractivity contribution in [2.45, 2.75) is 39.2 Å². The predicted octanol–water partition coefficient (Wildman–Crippen LogP) is 3.38. The Hall–Kier alpha value is -2.02. The molecular weight excluding hydrogens is 312 g/mol. The second kappa shape index (κ2) is 7.04. The van der Waals surface area contributed by atoms with Crippen molar-refractivity contribution in [1.82, 2.24) is 14.8 Å². The molecule has 1 aliphatic rings. The van der Waals surface area contributed by atoms with E-state index >= 15 is 0 Å². The van der Waals surface area contributed by atoms with E-state index in [1.54, 1.807) is 16.0 Å². The highest BCUT2D eigenvalue weighted by Crippen LogP contribution is 2.37. The van der Waals surface area contributed by atoms with E-state index in [1.165, 1.54) is 6.33 Å². The molecule has 3 heterocycles. The molecule has 0 fully saturated rings. The van der Waals surface area contributed by atoms with E-state index in [4.69, 9.17) is 4.74 Å². The normalized spacial score (nSPS) is 20.0. The number of aliphatic imine (C=N–C) groups is 1. The number of esters is 1. The van der Waals surface area contributed by atoms with Gasteiger partial charge in [0.15, 0.2) is 0 Å². The Labute approximate surface area is 139 Å². The average molecular weight is 332 g/mol. The van der Waals surface area contributed by atoms with Gasteiger partial charge in [-0.3, -0.25) is 4.79 Å². The van der Waals surface area contributed by atoms with Gasteiger partial charge in [0.1, 0.15) is 18.3 Å². The number of hydrogen-bond acceptors (Lipinski definition) is 6. The fourth-order valence-electron chi connectivity index (χ4n) is 2.78. The highest BCUT2D eigenvalue weighted by Gasteiger charge is 2.40. The molecule has 0 bridgehead atoms. The molecular formula is C16H20N4O2S. The van der Waals surface area contributed by atoms with Crippen LogP contribution in [-0.4, -0.2) is 33.1 Å². The molecule has 2 aromatic rings. The third kappa shape index (κ3) is 3.19. The molecule has 2 aromatic heterocycles. The zero-order valence-corrected chi connectivity index (χ0v) is 14.1. The number of nitrogens with zero attached hydrogens (tertiary/aromatic N) is 4. The zero-order chi connectivity index (χ0) is 16.2. The molecule has 0 saturated carbocycles. The summed E-state index contributed by atoms with van der Waals surface area (Å²) in [5.41, 5.74) is 0.726. The Morgan fingerprint density at radius 3 is 3.04 bits per heavy atom. The first-order valence-corrected chi connectivity index (χ1v) is 8.75. The third-order valence-electron chi connectivity index (χ3n) is 3.94. The highest BCUT2D eigenvalue weighted by molar-refractivity contribution is 7.10. The Kier molecular flexibility index (Phi) is 4.85. The van der Waals surface area contributed by atoms with Gasteiger partial charge in [-0.25, -0.2) is 9.67 Å². The molecule has 2 atom stereocenters. The SMILES string of the molecule is CCCCCOC(=O)C1C(C)=Nc2ncnn2C1c1cccs1. The summed E-state index contributed by atoms with van der Waals surface area (Å²) in [7, 11) is 0. The van der Waals surface area contributed by atoms with Gasteiger partial charge in [-0.2, -0.15) is 10.1 Å². The summed E-state index contributed by atoms with van der Waals surface area (Å²) in [6.45, 7) is 4.44. The van der Waals surface area contributed by atoms with Gasteiger partial charge in [0.2, 0.25) is 5.95 Å². The van der Waals surface area contributed by atoms with Crippen molar-refractivity contribution in [3.63, 3.8) is 0 Å². The van der Waals surface area contributed by atoms with E-state index in [1.807, 2.05) is 24.4 Å². The second-order valence-corrected chi connectivity index (χ2v) is 6.55. The van der Waals surface area contributed by atoms with Crippen LogP contribution in [0.1, 0.15) is 44.0 Å². The summed E-state index contributed by atoms with van der Waals surface area (Å²) in [5, 5.41) is 6.27. The molecule has 0 spiro atoms. The summed E-state index contributed by atoms with van der Waals surface area (Å²) in [5.74, 6) is -0.151. The lowest BCUT2D eigenvalue weighted by Crippen LogP contribution is -2.36. The van der Waals surface area contributed by atoms with Crippen molar-refractivity contribution < 1.29 is 9.53 Å². The van der Waals surface area contributed by atoms with E-state index in [-0.39, 0.29) is 12.0 Å². The van der Waals surface area contributed by atoms with E-state index in [0.29, 0.717) is 12.6 Å². The second-order valence-electron chi connectivity index (χ2n) is 5.57. The number of carbonyl (C=O) groups is 1. The number of hydrogen-bond donors (Lipinski definition) is 0. The van der Waals surface area contributed by atoms with Crippen LogP contribution in [0.2, 0.25) is 0 Å². The molecule has 6 nitrogen and oxygen atoms in total. The molecule has 7 heteroatoms. The third-order valence-corrected chi connectivity index (χ3v) is 4.88. The van der Waals surface area contributed by atoms with Crippen LogP contribution >= 0.6 is 11.3 Å². The lowest BCUT2D eigenvalue weighted by molar-refractivity contribution is -0.147. The summed E-state index contributed by atoms with van der Waals surface area (Å²) in [6, 6.07) is 3.75. The van der Waals surface area contributed by atoms with Crippen molar-refractivity contribution in [3.8, 4) is 0 Å². The van der Waals surface area contributed by atoms with E-state index in [0.717, 1.165) is 29.9 Å². The number of unbranched alkanes of at least 4 members (excludes halogenated alkanes) is 2. The maximum Gasteiger partial charge on any atom is 0.317 e. The average Bonchev–Trinajstić information content (AvgIpc) is 3.21. The molecule has 0 N–H and O–H groups in total. The minimum Gasteiger partial charge on any atom is -0.465 e. The van der Waals surface area contributed by atoms with Crippen LogP contribution < -0.4 is 0 Å². The number of fused-ring (bicyclic) bond motifs is 1. The molecule has 1 aliphatic heterocycles. The van der Waals surface area contributed by atoms with Crippen LogP contribution in [-0.2, 0) is 9.53 Å².